The Balaban J connectivity index is 3.00. The van der Waals surface area contributed by atoms with E-state index < -0.39 is 42.4 Å². The van der Waals surface area contributed by atoms with Crippen molar-refractivity contribution in [1.29, 1.82) is 0 Å². The molecule has 0 aliphatic rings. The summed E-state index contributed by atoms with van der Waals surface area (Å²) in [5.74, 6) is -4.25. The van der Waals surface area contributed by atoms with E-state index in [-0.39, 0.29) is 30.6 Å². The first-order valence-electron chi connectivity index (χ1n) is 10.5. The van der Waals surface area contributed by atoms with Gasteiger partial charge in [0.2, 0.25) is 11.8 Å². The van der Waals surface area contributed by atoms with Gasteiger partial charge in [-0.3, -0.25) is 14.4 Å². The molecule has 0 radical (unpaired) electrons. The van der Waals surface area contributed by atoms with E-state index in [0.29, 0.717) is 12.1 Å². The molecule has 1 atom stereocenters. The Morgan fingerprint density at radius 3 is 2.39 bits per heavy atom. The van der Waals surface area contributed by atoms with Crippen LogP contribution in [0.2, 0.25) is 0 Å². The van der Waals surface area contributed by atoms with Crippen LogP contribution < -0.4 is 15.4 Å². The minimum absolute atomic E-state index is 0.0318. The maximum Gasteiger partial charge on any atom is 0.343 e. The number of unbranched alkanes of at least 4 members (excludes halogenated alkanes) is 2. The molecule has 0 unspecified atom stereocenters. The van der Waals surface area contributed by atoms with E-state index in [1.54, 1.807) is 0 Å². The quantitative estimate of drug-likeness (QED) is 0.219. The van der Waals surface area contributed by atoms with Gasteiger partial charge in [0, 0.05) is 19.4 Å². The Morgan fingerprint density at radius 1 is 1.06 bits per heavy atom. The SMILES string of the molecule is CCCCCNC(=O)[C@H](Cc1ccc(OCC(=O)OC)c(C(=O)O)c1)NC(=O)CCC(=O)O. The number of nitrogens with one attached hydrogen (secondary N) is 2. The van der Waals surface area contributed by atoms with Gasteiger partial charge in [-0.2, -0.15) is 0 Å². The monoisotopic (exact) mass is 466 g/mol. The third-order valence-electron chi connectivity index (χ3n) is 4.58. The summed E-state index contributed by atoms with van der Waals surface area (Å²) in [6.07, 6.45) is 1.94. The van der Waals surface area contributed by atoms with E-state index in [1.807, 2.05) is 6.92 Å². The second-order valence-electron chi connectivity index (χ2n) is 7.22. The lowest BCUT2D eigenvalue weighted by molar-refractivity contribution is -0.143. The van der Waals surface area contributed by atoms with Crippen LogP contribution in [0, 0.1) is 0 Å². The zero-order valence-electron chi connectivity index (χ0n) is 18.7. The van der Waals surface area contributed by atoms with Gasteiger partial charge in [-0.15, -0.1) is 0 Å². The van der Waals surface area contributed by atoms with Crippen LogP contribution in [0.25, 0.3) is 0 Å². The van der Waals surface area contributed by atoms with Crippen molar-refractivity contribution in [2.24, 2.45) is 0 Å². The number of aromatic carboxylic acids is 1. The molecule has 0 saturated carbocycles. The van der Waals surface area contributed by atoms with E-state index in [1.165, 1.54) is 25.3 Å². The predicted molar refractivity (Wildman–Crippen MR) is 116 cm³/mol. The molecule has 1 rings (SSSR count). The van der Waals surface area contributed by atoms with Gasteiger partial charge in [0.1, 0.15) is 17.4 Å². The van der Waals surface area contributed by atoms with E-state index >= 15 is 0 Å². The zero-order chi connectivity index (χ0) is 24.8. The molecule has 1 aromatic rings. The summed E-state index contributed by atoms with van der Waals surface area (Å²) in [5.41, 5.74) is 0.195. The van der Waals surface area contributed by atoms with Gasteiger partial charge in [-0.25, -0.2) is 9.59 Å². The van der Waals surface area contributed by atoms with E-state index in [2.05, 4.69) is 15.4 Å². The van der Waals surface area contributed by atoms with Crippen molar-refractivity contribution < 1.29 is 43.7 Å². The van der Waals surface area contributed by atoms with Crippen molar-refractivity contribution >= 4 is 29.7 Å². The van der Waals surface area contributed by atoms with Crippen molar-refractivity contribution in [3.05, 3.63) is 29.3 Å². The van der Waals surface area contributed by atoms with Crippen molar-refractivity contribution in [2.75, 3.05) is 20.3 Å². The Hall–Kier alpha value is -3.63. The average molecular weight is 466 g/mol. The number of carbonyl (C=O) groups excluding carboxylic acids is 3. The topological polar surface area (TPSA) is 168 Å². The van der Waals surface area contributed by atoms with Gasteiger partial charge < -0.3 is 30.3 Å². The van der Waals surface area contributed by atoms with Gasteiger partial charge in [0.25, 0.3) is 0 Å². The summed E-state index contributed by atoms with van der Waals surface area (Å²) in [6, 6.07) is 3.12. The van der Waals surface area contributed by atoms with Crippen molar-refractivity contribution in [3.63, 3.8) is 0 Å². The molecule has 33 heavy (non-hydrogen) atoms. The second kappa shape index (κ2) is 14.4. The fourth-order valence-corrected chi connectivity index (χ4v) is 2.83. The van der Waals surface area contributed by atoms with Crippen molar-refractivity contribution in [2.45, 2.75) is 51.5 Å². The number of carboxylic acid groups (broad SMARTS) is 2. The number of esters is 1. The molecule has 0 aromatic heterocycles. The molecular formula is C22H30N2O9. The number of amides is 2. The van der Waals surface area contributed by atoms with Gasteiger partial charge >= 0.3 is 17.9 Å². The van der Waals surface area contributed by atoms with Crippen molar-refractivity contribution in [1.82, 2.24) is 10.6 Å². The predicted octanol–water partition coefficient (Wildman–Crippen LogP) is 1.14. The van der Waals surface area contributed by atoms with Crippen LogP contribution in [0.4, 0.5) is 0 Å². The van der Waals surface area contributed by atoms with E-state index in [9.17, 15) is 29.1 Å². The smallest absolute Gasteiger partial charge is 0.343 e. The van der Waals surface area contributed by atoms with Crippen LogP contribution in [0.15, 0.2) is 18.2 Å². The Bertz CT molecular complexity index is 854. The summed E-state index contributed by atoms with van der Waals surface area (Å²) < 4.78 is 9.65. The van der Waals surface area contributed by atoms with Crippen LogP contribution in [0.3, 0.4) is 0 Å². The molecule has 0 saturated heterocycles. The summed E-state index contributed by atoms with van der Waals surface area (Å²) in [4.78, 5) is 58.4. The fraction of sp³-hybridized carbons (Fsp3) is 0.500. The second-order valence-corrected chi connectivity index (χ2v) is 7.22. The molecule has 11 nitrogen and oxygen atoms in total. The molecule has 0 aliphatic heterocycles. The van der Waals surface area contributed by atoms with Gasteiger partial charge in [-0.1, -0.05) is 25.8 Å². The molecule has 0 heterocycles. The third-order valence-corrected chi connectivity index (χ3v) is 4.58. The average Bonchev–Trinajstić information content (AvgIpc) is 2.78. The molecule has 4 N–H and O–H groups in total. The normalized spacial score (nSPS) is 11.2. The standard InChI is InChI=1S/C22H30N2O9/c1-3-4-5-10-23-21(29)16(24-18(25)8-9-19(26)27)12-14-6-7-17(15(11-14)22(30)31)33-13-20(28)32-2/h6-7,11,16H,3-5,8-10,12-13H2,1-2H3,(H,23,29)(H,24,25)(H,26,27)(H,30,31)/t16-/m0/s1. The number of carbonyl (C=O) groups is 5. The molecule has 0 fully saturated rings. The highest BCUT2D eigenvalue weighted by molar-refractivity contribution is 5.92. The van der Waals surface area contributed by atoms with Crippen LogP contribution >= 0.6 is 0 Å². The highest BCUT2D eigenvalue weighted by Gasteiger charge is 2.23. The summed E-state index contributed by atoms with van der Waals surface area (Å²) in [5, 5.41) is 23.5. The number of methoxy groups -OCH3 is 1. The number of ether oxygens (including phenoxy) is 2. The zero-order valence-corrected chi connectivity index (χ0v) is 18.7. The molecule has 0 bridgehead atoms. The molecular weight excluding hydrogens is 436 g/mol. The first-order valence-corrected chi connectivity index (χ1v) is 10.5. The van der Waals surface area contributed by atoms with Crippen LogP contribution in [0.1, 0.15) is 54.9 Å². The molecule has 1 aromatic carbocycles. The third kappa shape index (κ3) is 10.5. The lowest BCUT2D eigenvalue weighted by Gasteiger charge is -2.19. The van der Waals surface area contributed by atoms with Crippen LogP contribution in [-0.2, 0) is 30.3 Å². The fourth-order valence-electron chi connectivity index (χ4n) is 2.83. The lowest BCUT2D eigenvalue weighted by Crippen LogP contribution is -2.48. The Labute approximate surface area is 191 Å². The highest BCUT2D eigenvalue weighted by Crippen LogP contribution is 2.21. The number of carboxylic acids is 2. The number of benzene rings is 1. The first kappa shape index (κ1) is 27.4. The molecule has 0 spiro atoms. The number of hydrogen-bond donors (Lipinski definition) is 4. The Morgan fingerprint density at radius 2 is 1.79 bits per heavy atom. The maximum absolute atomic E-state index is 12.6. The van der Waals surface area contributed by atoms with Gasteiger partial charge in [0.05, 0.1) is 13.5 Å². The molecule has 182 valence electrons. The summed E-state index contributed by atoms with van der Waals surface area (Å²) in [7, 11) is 1.17. The molecule has 11 heteroatoms. The van der Waals surface area contributed by atoms with Crippen molar-refractivity contribution in [3.8, 4) is 5.75 Å². The van der Waals surface area contributed by atoms with Crippen LogP contribution in [0.5, 0.6) is 5.75 Å². The maximum atomic E-state index is 12.6. The summed E-state index contributed by atoms with van der Waals surface area (Å²) in [6.45, 7) is 1.96. The van der Waals surface area contributed by atoms with Gasteiger partial charge in [0.15, 0.2) is 6.61 Å². The van der Waals surface area contributed by atoms with E-state index in [4.69, 9.17) is 9.84 Å². The van der Waals surface area contributed by atoms with Crippen LogP contribution in [-0.4, -0.2) is 66.2 Å². The number of aliphatic carboxylic acids is 1. The van der Waals surface area contributed by atoms with E-state index in [0.717, 1.165) is 19.3 Å². The first-order chi connectivity index (χ1) is 15.7. The molecule has 0 aliphatic carbocycles. The Kier molecular flexibility index (Phi) is 12.0. The summed E-state index contributed by atoms with van der Waals surface area (Å²) >= 11 is 0. The largest absolute Gasteiger partial charge is 0.481 e. The van der Waals surface area contributed by atoms with Gasteiger partial charge in [-0.05, 0) is 24.1 Å². The number of hydrogen-bond acceptors (Lipinski definition) is 7. The minimum atomic E-state index is -1.30. The minimum Gasteiger partial charge on any atom is -0.481 e. The molecule has 2 amide bonds. The highest BCUT2D eigenvalue weighted by atomic mass is 16.6. The number of rotatable bonds is 15. The lowest BCUT2D eigenvalue weighted by atomic mass is 10.0.